The average molecular weight is 227 g/mol. The molecule has 0 heterocycles. The van der Waals surface area contributed by atoms with Gasteiger partial charge < -0.3 is 9.47 Å². The van der Waals surface area contributed by atoms with Crippen LogP contribution in [0.1, 0.15) is 52.4 Å². The summed E-state index contributed by atoms with van der Waals surface area (Å²) >= 11 is 0. The Morgan fingerprint density at radius 2 is 1.38 bits per heavy atom. The van der Waals surface area contributed by atoms with Gasteiger partial charge in [0, 0.05) is 0 Å². The molecular weight excluding hydrogens is 202 g/mol. The zero-order chi connectivity index (χ0) is 11.4. The minimum atomic E-state index is -0.0920. The number of hydrogen-bond acceptors (Lipinski definition) is 3. The van der Waals surface area contributed by atoms with E-state index in [1.165, 1.54) is 38.5 Å². The van der Waals surface area contributed by atoms with Crippen molar-refractivity contribution in [2.75, 3.05) is 13.1 Å². The second kappa shape index (κ2) is 5.99. The standard InChI is InChI=1S/C13H25NO2/c1-3-14(4-2)13(15-11-7-5-8-11)16-12-9-6-10-12/h11-13H,3-10H2,1-2H3. The molecular formula is C13H25NO2. The lowest BCUT2D eigenvalue weighted by atomic mass is 9.96. The van der Waals surface area contributed by atoms with E-state index < -0.39 is 0 Å². The zero-order valence-corrected chi connectivity index (χ0v) is 10.7. The summed E-state index contributed by atoms with van der Waals surface area (Å²) < 4.78 is 12.1. The van der Waals surface area contributed by atoms with E-state index in [2.05, 4.69) is 18.7 Å². The van der Waals surface area contributed by atoms with Crippen LogP contribution < -0.4 is 0 Å². The van der Waals surface area contributed by atoms with Gasteiger partial charge in [0.1, 0.15) is 0 Å². The summed E-state index contributed by atoms with van der Waals surface area (Å²) in [7, 11) is 0. The van der Waals surface area contributed by atoms with Crippen molar-refractivity contribution < 1.29 is 9.47 Å². The van der Waals surface area contributed by atoms with Crippen LogP contribution in [0.4, 0.5) is 0 Å². The van der Waals surface area contributed by atoms with Gasteiger partial charge in [0.15, 0.2) is 0 Å². The van der Waals surface area contributed by atoms with Gasteiger partial charge in [-0.1, -0.05) is 13.8 Å². The van der Waals surface area contributed by atoms with Crippen molar-refractivity contribution in [1.82, 2.24) is 4.90 Å². The maximum Gasteiger partial charge on any atom is 0.219 e. The number of ether oxygens (including phenoxy) is 2. The molecule has 94 valence electrons. The van der Waals surface area contributed by atoms with Crippen LogP contribution in [-0.2, 0) is 9.47 Å². The highest BCUT2D eigenvalue weighted by Crippen LogP contribution is 2.28. The van der Waals surface area contributed by atoms with Crippen molar-refractivity contribution in [1.29, 1.82) is 0 Å². The van der Waals surface area contributed by atoms with Crippen LogP contribution in [0.3, 0.4) is 0 Å². The topological polar surface area (TPSA) is 21.7 Å². The summed E-state index contributed by atoms with van der Waals surface area (Å²) in [6.45, 7) is 6.34. The molecule has 2 saturated carbocycles. The molecule has 0 aromatic rings. The molecule has 0 amide bonds. The Balaban J connectivity index is 1.81. The molecule has 2 rings (SSSR count). The Hall–Kier alpha value is -0.120. The third-order valence-corrected chi connectivity index (χ3v) is 3.83. The highest BCUT2D eigenvalue weighted by Gasteiger charge is 2.30. The first-order chi connectivity index (χ1) is 7.83. The molecule has 0 saturated heterocycles. The minimum absolute atomic E-state index is 0.0920. The van der Waals surface area contributed by atoms with Gasteiger partial charge in [0.2, 0.25) is 6.41 Å². The van der Waals surface area contributed by atoms with Gasteiger partial charge in [0.05, 0.1) is 12.2 Å². The zero-order valence-electron chi connectivity index (χ0n) is 10.7. The van der Waals surface area contributed by atoms with Crippen molar-refractivity contribution in [3.8, 4) is 0 Å². The molecule has 0 N–H and O–H groups in total. The molecule has 0 unspecified atom stereocenters. The van der Waals surface area contributed by atoms with E-state index in [0.29, 0.717) is 12.2 Å². The quantitative estimate of drug-likeness (QED) is 0.624. The van der Waals surface area contributed by atoms with Crippen molar-refractivity contribution in [3.05, 3.63) is 0 Å². The fraction of sp³-hybridized carbons (Fsp3) is 1.00. The summed E-state index contributed by atoms with van der Waals surface area (Å²) in [6, 6.07) is 0. The van der Waals surface area contributed by atoms with Crippen LogP contribution in [0.25, 0.3) is 0 Å². The first-order valence-corrected chi connectivity index (χ1v) is 6.88. The number of nitrogens with zero attached hydrogens (tertiary/aromatic N) is 1. The van der Waals surface area contributed by atoms with E-state index in [1.54, 1.807) is 0 Å². The van der Waals surface area contributed by atoms with Gasteiger partial charge in [-0.25, -0.2) is 0 Å². The predicted molar refractivity (Wildman–Crippen MR) is 64.2 cm³/mol. The fourth-order valence-electron chi connectivity index (χ4n) is 2.07. The molecule has 3 nitrogen and oxygen atoms in total. The normalized spacial score (nSPS) is 22.5. The molecule has 2 fully saturated rings. The summed E-state index contributed by atoms with van der Waals surface area (Å²) in [6.07, 6.45) is 8.30. The van der Waals surface area contributed by atoms with Crippen molar-refractivity contribution in [3.63, 3.8) is 0 Å². The molecule has 0 bridgehead atoms. The lowest BCUT2D eigenvalue weighted by Crippen LogP contribution is -2.45. The van der Waals surface area contributed by atoms with Crippen LogP contribution in [0.15, 0.2) is 0 Å². The molecule has 0 aliphatic heterocycles. The molecule has 0 atom stereocenters. The molecule has 0 radical (unpaired) electrons. The molecule has 2 aliphatic carbocycles. The SMILES string of the molecule is CCN(CC)C(OC1CCC1)OC1CCC1. The maximum absolute atomic E-state index is 6.04. The largest absolute Gasteiger partial charge is 0.336 e. The molecule has 3 heteroatoms. The third kappa shape index (κ3) is 2.96. The number of rotatable bonds is 7. The Labute approximate surface area is 99.1 Å². The average Bonchev–Trinajstić information content (AvgIpc) is 2.17. The van der Waals surface area contributed by atoms with Crippen LogP contribution in [0, 0.1) is 0 Å². The van der Waals surface area contributed by atoms with Gasteiger partial charge in [-0.2, -0.15) is 0 Å². The highest BCUT2D eigenvalue weighted by atomic mass is 16.7. The van der Waals surface area contributed by atoms with E-state index in [1.807, 2.05) is 0 Å². The van der Waals surface area contributed by atoms with Crippen LogP contribution >= 0.6 is 0 Å². The van der Waals surface area contributed by atoms with Gasteiger partial charge in [-0.3, -0.25) is 4.90 Å². The summed E-state index contributed by atoms with van der Waals surface area (Å²) in [5.41, 5.74) is 0. The lowest BCUT2D eigenvalue weighted by molar-refractivity contribution is -0.279. The second-order valence-corrected chi connectivity index (χ2v) is 4.91. The third-order valence-electron chi connectivity index (χ3n) is 3.83. The van der Waals surface area contributed by atoms with Gasteiger partial charge in [0.25, 0.3) is 0 Å². The summed E-state index contributed by atoms with van der Waals surface area (Å²) in [5.74, 6) is 0. The van der Waals surface area contributed by atoms with E-state index in [4.69, 9.17) is 9.47 Å². The van der Waals surface area contributed by atoms with Gasteiger partial charge in [-0.15, -0.1) is 0 Å². The van der Waals surface area contributed by atoms with E-state index in [0.717, 1.165) is 13.1 Å². The van der Waals surface area contributed by atoms with E-state index in [-0.39, 0.29) is 6.41 Å². The first-order valence-electron chi connectivity index (χ1n) is 6.88. The molecule has 0 spiro atoms. The van der Waals surface area contributed by atoms with E-state index >= 15 is 0 Å². The highest BCUT2D eigenvalue weighted by molar-refractivity contribution is 4.73. The molecule has 2 aliphatic rings. The summed E-state index contributed by atoms with van der Waals surface area (Å²) in [5, 5.41) is 0. The predicted octanol–water partition coefficient (Wildman–Crippen LogP) is 2.75. The maximum atomic E-state index is 6.04. The molecule has 16 heavy (non-hydrogen) atoms. The first kappa shape index (κ1) is 12.3. The Morgan fingerprint density at radius 1 is 0.938 bits per heavy atom. The van der Waals surface area contributed by atoms with Gasteiger partial charge >= 0.3 is 0 Å². The second-order valence-electron chi connectivity index (χ2n) is 4.91. The summed E-state index contributed by atoms with van der Waals surface area (Å²) in [4.78, 5) is 2.27. The minimum Gasteiger partial charge on any atom is -0.336 e. The van der Waals surface area contributed by atoms with Crippen LogP contribution in [0.5, 0.6) is 0 Å². The van der Waals surface area contributed by atoms with Crippen molar-refractivity contribution in [2.24, 2.45) is 0 Å². The van der Waals surface area contributed by atoms with Crippen molar-refractivity contribution in [2.45, 2.75) is 71.0 Å². The molecule has 0 aromatic heterocycles. The lowest BCUT2D eigenvalue weighted by Gasteiger charge is -2.39. The van der Waals surface area contributed by atoms with Crippen LogP contribution in [-0.4, -0.2) is 36.6 Å². The van der Waals surface area contributed by atoms with Gasteiger partial charge in [-0.05, 0) is 51.6 Å². The Bertz CT molecular complexity index is 182. The molecule has 0 aromatic carbocycles. The number of hydrogen-bond donors (Lipinski definition) is 0. The van der Waals surface area contributed by atoms with E-state index in [9.17, 15) is 0 Å². The fourth-order valence-corrected chi connectivity index (χ4v) is 2.07. The smallest absolute Gasteiger partial charge is 0.219 e. The monoisotopic (exact) mass is 227 g/mol. The Morgan fingerprint density at radius 3 is 1.62 bits per heavy atom. The Kier molecular flexibility index (Phi) is 4.62. The van der Waals surface area contributed by atoms with Crippen molar-refractivity contribution >= 4 is 0 Å². The van der Waals surface area contributed by atoms with Crippen LogP contribution in [0.2, 0.25) is 0 Å².